The number of methoxy groups -OCH3 is 2. The average Bonchev–Trinajstić information content (AvgIpc) is 3.23. The van der Waals surface area contributed by atoms with Gasteiger partial charge in [0.15, 0.2) is 11.7 Å². The molecule has 152 valence electrons. The van der Waals surface area contributed by atoms with Crippen LogP contribution in [0.15, 0.2) is 58.1 Å². The van der Waals surface area contributed by atoms with Crippen LogP contribution in [-0.4, -0.2) is 32.2 Å². The summed E-state index contributed by atoms with van der Waals surface area (Å²) < 4.78 is 16.5. The van der Waals surface area contributed by atoms with Gasteiger partial charge >= 0.3 is 0 Å². The highest BCUT2D eigenvalue weighted by Gasteiger charge is 2.09. The van der Waals surface area contributed by atoms with Crippen molar-refractivity contribution in [1.29, 1.82) is 0 Å². The quantitative estimate of drug-likeness (QED) is 0.471. The second-order valence-corrected chi connectivity index (χ2v) is 6.44. The number of ether oxygens (including phenoxy) is 2. The number of aryl methyl sites for hydroxylation is 1. The maximum Gasteiger partial charge on any atom is 0.214 e. The molecule has 0 unspecified atom stereocenters. The Labute approximate surface area is 170 Å². The minimum Gasteiger partial charge on any atom is -0.497 e. The van der Waals surface area contributed by atoms with Crippen molar-refractivity contribution >= 4 is 5.96 Å². The molecule has 0 spiro atoms. The molecule has 0 aliphatic carbocycles. The van der Waals surface area contributed by atoms with Crippen LogP contribution in [0.4, 0.5) is 0 Å². The molecule has 0 aliphatic rings. The first kappa shape index (κ1) is 20.3. The van der Waals surface area contributed by atoms with E-state index in [2.05, 4.69) is 39.7 Å². The summed E-state index contributed by atoms with van der Waals surface area (Å²) in [6.07, 6.45) is 1.74. The average molecular weight is 394 g/mol. The molecule has 29 heavy (non-hydrogen) atoms. The normalized spacial score (nSPS) is 11.2. The van der Waals surface area contributed by atoms with Crippen molar-refractivity contribution in [3.63, 3.8) is 0 Å². The van der Waals surface area contributed by atoms with E-state index in [1.54, 1.807) is 27.5 Å². The Morgan fingerprint density at radius 2 is 1.79 bits per heavy atom. The van der Waals surface area contributed by atoms with E-state index in [1.165, 1.54) is 5.56 Å². The Balaban J connectivity index is 1.57. The van der Waals surface area contributed by atoms with Crippen molar-refractivity contribution in [3.05, 3.63) is 65.7 Å². The van der Waals surface area contributed by atoms with Gasteiger partial charge in [-0.25, -0.2) is 4.98 Å². The van der Waals surface area contributed by atoms with Crippen LogP contribution in [-0.2, 0) is 13.1 Å². The van der Waals surface area contributed by atoms with Gasteiger partial charge in [0.25, 0.3) is 0 Å². The number of benzene rings is 2. The van der Waals surface area contributed by atoms with E-state index in [1.807, 2.05) is 30.3 Å². The van der Waals surface area contributed by atoms with Gasteiger partial charge < -0.3 is 24.5 Å². The maximum atomic E-state index is 5.84. The molecule has 1 heterocycles. The summed E-state index contributed by atoms with van der Waals surface area (Å²) >= 11 is 0. The molecule has 0 saturated carbocycles. The lowest BCUT2D eigenvalue weighted by atomic mass is 10.1. The molecule has 0 saturated heterocycles. The third-order valence-electron chi connectivity index (χ3n) is 4.46. The summed E-state index contributed by atoms with van der Waals surface area (Å²) in [5.41, 5.74) is 3.20. The summed E-state index contributed by atoms with van der Waals surface area (Å²) in [6, 6.07) is 13.9. The van der Waals surface area contributed by atoms with Crippen molar-refractivity contribution in [2.45, 2.75) is 20.0 Å². The fourth-order valence-electron chi connectivity index (χ4n) is 2.80. The number of oxazole rings is 1. The Morgan fingerprint density at radius 1 is 1.03 bits per heavy atom. The zero-order chi connectivity index (χ0) is 20.6. The highest BCUT2D eigenvalue weighted by atomic mass is 16.5. The minimum absolute atomic E-state index is 0.422. The van der Waals surface area contributed by atoms with E-state index in [0.29, 0.717) is 24.9 Å². The topological polar surface area (TPSA) is 80.9 Å². The second-order valence-electron chi connectivity index (χ2n) is 6.44. The van der Waals surface area contributed by atoms with Crippen molar-refractivity contribution in [1.82, 2.24) is 15.6 Å². The molecule has 0 amide bonds. The summed E-state index contributed by atoms with van der Waals surface area (Å²) in [6.45, 7) is 3.03. The first-order chi connectivity index (χ1) is 14.1. The van der Waals surface area contributed by atoms with Gasteiger partial charge in [0.1, 0.15) is 11.5 Å². The molecule has 0 atom stereocenters. The monoisotopic (exact) mass is 394 g/mol. The van der Waals surface area contributed by atoms with E-state index in [4.69, 9.17) is 13.9 Å². The Hall–Kier alpha value is -3.48. The largest absolute Gasteiger partial charge is 0.497 e. The molecule has 0 radical (unpaired) electrons. The van der Waals surface area contributed by atoms with Gasteiger partial charge in [0.2, 0.25) is 5.89 Å². The van der Waals surface area contributed by atoms with Crippen LogP contribution in [0, 0.1) is 6.92 Å². The fraction of sp³-hybridized carbons (Fsp3) is 0.273. The van der Waals surface area contributed by atoms with Gasteiger partial charge in [0, 0.05) is 30.8 Å². The van der Waals surface area contributed by atoms with Crippen LogP contribution in [0.3, 0.4) is 0 Å². The Bertz CT molecular complexity index is 964. The van der Waals surface area contributed by atoms with Crippen LogP contribution in [0.5, 0.6) is 11.5 Å². The molecular weight excluding hydrogens is 368 g/mol. The van der Waals surface area contributed by atoms with Crippen LogP contribution in [0.2, 0.25) is 0 Å². The van der Waals surface area contributed by atoms with Crippen LogP contribution < -0.4 is 20.1 Å². The molecule has 0 aliphatic heterocycles. The molecule has 3 rings (SSSR count). The number of aliphatic imine (C=N–C) groups is 1. The molecular formula is C22H26N4O3. The third kappa shape index (κ3) is 5.28. The number of nitrogens with zero attached hydrogens (tertiary/aromatic N) is 2. The Kier molecular flexibility index (Phi) is 6.73. The predicted octanol–water partition coefficient (Wildman–Crippen LogP) is 3.53. The lowest BCUT2D eigenvalue weighted by molar-refractivity contribution is 0.390. The van der Waals surface area contributed by atoms with E-state index in [-0.39, 0.29) is 0 Å². The lowest BCUT2D eigenvalue weighted by Gasteiger charge is -2.13. The SMILES string of the molecule is CN=C(NCc1ncc(-c2ccc(C)cc2)o1)NCc1ccc(OC)cc1OC. The molecule has 7 heteroatoms. The van der Waals surface area contributed by atoms with E-state index < -0.39 is 0 Å². The number of hydrogen-bond donors (Lipinski definition) is 2. The standard InChI is InChI=1S/C22H26N4O3/c1-15-5-7-16(8-6-15)20-13-24-21(29-20)14-26-22(23-2)25-12-17-9-10-18(27-3)11-19(17)28-4/h5-11,13H,12,14H2,1-4H3,(H2,23,25,26). The highest BCUT2D eigenvalue weighted by Crippen LogP contribution is 2.24. The predicted molar refractivity (Wildman–Crippen MR) is 113 cm³/mol. The number of hydrogen-bond acceptors (Lipinski definition) is 5. The highest BCUT2D eigenvalue weighted by molar-refractivity contribution is 5.79. The number of nitrogens with one attached hydrogen (secondary N) is 2. The number of rotatable bonds is 7. The van der Waals surface area contributed by atoms with Crippen LogP contribution in [0.1, 0.15) is 17.0 Å². The molecule has 0 bridgehead atoms. The molecule has 1 aromatic heterocycles. The van der Waals surface area contributed by atoms with Crippen molar-refractivity contribution in [3.8, 4) is 22.8 Å². The van der Waals surface area contributed by atoms with Gasteiger partial charge in [-0.05, 0) is 19.1 Å². The first-order valence-electron chi connectivity index (χ1n) is 9.30. The zero-order valence-corrected chi connectivity index (χ0v) is 17.2. The third-order valence-corrected chi connectivity index (χ3v) is 4.46. The molecule has 0 fully saturated rings. The van der Waals surface area contributed by atoms with Crippen molar-refractivity contribution in [2.24, 2.45) is 4.99 Å². The summed E-state index contributed by atoms with van der Waals surface area (Å²) in [4.78, 5) is 8.58. The van der Waals surface area contributed by atoms with E-state index in [0.717, 1.165) is 28.4 Å². The van der Waals surface area contributed by atoms with Gasteiger partial charge in [-0.2, -0.15) is 0 Å². The number of guanidine groups is 1. The van der Waals surface area contributed by atoms with Gasteiger partial charge in [-0.15, -0.1) is 0 Å². The van der Waals surface area contributed by atoms with Crippen LogP contribution in [0.25, 0.3) is 11.3 Å². The van der Waals surface area contributed by atoms with Gasteiger partial charge in [-0.3, -0.25) is 4.99 Å². The number of aromatic nitrogens is 1. The first-order valence-corrected chi connectivity index (χ1v) is 9.30. The zero-order valence-electron chi connectivity index (χ0n) is 17.2. The Morgan fingerprint density at radius 3 is 2.48 bits per heavy atom. The molecule has 7 nitrogen and oxygen atoms in total. The van der Waals surface area contributed by atoms with Gasteiger partial charge in [0.05, 0.1) is 27.0 Å². The fourth-order valence-corrected chi connectivity index (χ4v) is 2.80. The van der Waals surface area contributed by atoms with E-state index in [9.17, 15) is 0 Å². The van der Waals surface area contributed by atoms with Crippen molar-refractivity contribution < 1.29 is 13.9 Å². The smallest absolute Gasteiger partial charge is 0.214 e. The summed E-state index contributed by atoms with van der Waals surface area (Å²) in [5, 5.41) is 6.47. The molecule has 2 N–H and O–H groups in total. The minimum atomic E-state index is 0.422. The van der Waals surface area contributed by atoms with Crippen molar-refractivity contribution in [2.75, 3.05) is 21.3 Å². The van der Waals surface area contributed by atoms with Crippen LogP contribution >= 0.6 is 0 Å². The van der Waals surface area contributed by atoms with E-state index >= 15 is 0 Å². The summed E-state index contributed by atoms with van der Waals surface area (Å²) in [5.74, 6) is 3.47. The maximum absolute atomic E-state index is 5.84. The lowest BCUT2D eigenvalue weighted by Crippen LogP contribution is -2.36. The summed E-state index contributed by atoms with van der Waals surface area (Å²) in [7, 11) is 4.98. The molecule has 2 aromatic carbocycles. The van der Waals surface area contributed by atoms with Gasteiger partial charge in [-0.1, -0.05) is 29.8 Å². The molecule has 3 aromatic rings. The second kappa shape index (κ2) is 9.64.